The molecule has 0 spiro atoms. The topological polar surface area (TPSA) is 68.1 Å². The summed E-state index contributed by atoms with van der Waals surface area (Å²) in [6, 6.07) is 4.39. The van der Waals surface area contributed by atoms with Crippen molar-refractivity contribution in [2.75, 3.05) is 30.4 Å². The normalized spacial score (nSPS) is 18.0. The molecule has 0 radical (unpaired) electrons. The predicted molar refractivity (Wildman–Crippen MR) is 84.9 cm³/mol. The first-order valence-corrected chi connectivity index (χ1v) is 7.48. The molecular formula is C15H22N6O. The first-order valence-electron chi connectivity index (χ1n) is 7.48. The molecule has 7 nitrogen and oxygen atoms in total. The minimum atomic E-state index is 0.367. The Kier molecular flexibility index (Phi) is 4.24. The molecule has 0 aromatic carbocycles. The van der Waals surface area contributed by atoms with E-state index in [0.29, 0.717) is 18.5 Å². The zero-order chi connectivity index (χ0) is 15.5. The largest absolute Gasteiger partial charge is 0.377 e. The van der Waals surface area contributed by atoms with Gasteiger partial charge in [-0.25, -0.2) is 9.97 Å². The second-order valence-corrected chi connectivity index (χ2v) is 5.67. The van der Waals surface area contributed by atoms with Gasteiger partial charge in [-0.05, 0) is 13.3 Å². The molecule has 1 aliphatic heterocycles. The molecule has 22 heavy (non-hydrogen) atoms. The number of aromatic nitrogens is 4. The number of anilines is 2. The van der Waals surface area contributed by atoms with Crippen LogP contribution in [0.2, 0.25) is 0 Å². The van der Waals surface area contributed by atoms with Gasteiger partial charge in [0.1, 0.15) is 12.4 Å². The summed E-state index contributed by atoms with van der Waals surface area (Å²) in [4.78, 5) is 11.2. The van der Waals surface area contributed by atoms with Crippen LogP contribution in [0, 0.1) is 6.92 Å². The van der Waals surface area contributed by atoms with Gasteiger partial charge in [0, 0.05) is 57.3 Å². The van der Waals surface area contributed by atoms with E-state index in [1.807, 2.05) is 37.0 Å². The molecule has 1 fully saturated rings. The molecule has 0 saturated carbocycles. The number of aryl methyl sites for hydroxylation is 2. The van der Waals surface area contributed by atoms with Gasteiger partial charge in [0.2, 0.25) is 0 Å². The lowest BCUT2D eigenvalue weighted by molar-refractivity contribution is 0.177. The van der Waals surface area contributed by atoms with Crippen molar-refractivity contribution < 1.29 is 4.74 Å². The molecule has 3 rings (SSSR count). The van der Waals surface area contributed by atoms with Gasteiger partial charge in [-0.2, -0.15) is 5.10 Å². The maximum atomic E-state index is 5.11. The Labute approximate surface area is 130 Å². The summed E-state index contributed by atoms with van der Waals surface area (Å²) in [5, 5.41) is 7.96. The first kappa shape index (κ1) is 14.8. The lowest BCUT2D eigenvalue weighted by atomic mass is 10.2. The van der Waals surface area contributed by atoms with Gasteiger partial charge in [0.25, 0.3) is 0 Å². The smallest absolute Gasteiger partial charge is 0.156 e. The zero-order valence-corrected chi connectivity index (χ0v) is 13.3. The Bertz CT molecular complexity index is 641. The molecule has 0 amide bonds. The van der Waals surface area contributed by atoms with Crippen molar-refractivity contribution in [2.45, 2.75) is 26.0 Å². The number of nitrogens with zero attached hydrogens (tertiary/aromatic N) is 5. The first-order chi connectivity index (χ1) is 10.6. The second kappa shape index (κ2) is 6.31. The highest BCUT2D eigenvalue weighted by atomic mass is 16.5. The van der Waals surface area contributed by atoms with Gasteiger partial charge in [0.05, 0.1) is 0 Å². The van der Waals surface area contributed by atoms with Crippen molar-refractivity contribution in [3.8, 4) is 0 Å². The van der Waals surface area contributed by atoms with Gasteiger partial charge in [-0.1, -0.05) is 0 Å². The van der Waals surface area contributed by atoms with Crippen molar-refractivity contribution in [1.82, 2.24) is 19.7 Å². The van der Waals surface area contributed by atoms with E-state index in [0.717, 1.165) is 36.8 Å². The van der Waals surface area contributed by atoms with E-state index in [1.165, 1.54) is 0 Å². The third kappa shape index (κ3) is 3.36. The Balaban J connectivity index is 1.64. The van der Waals surface area contributed by atoms with Crippen molar-refractivity contribution in [3.05, 3.63) is 29.8 Å². The van der Waals surface area contributed by atoms with Crippen molar-refractivity contribution in [3.63, 3.8) is 0 Å². The monoisotopic (exact) mass is 302 g/mol. The molecule has 7 heteroatoms. The number of nitrogens with one attached hydrogen (secondary N) is 1. The van der Waals surface area contributed by atoms with E-state index >= 15 is 0 Å². The van der Waals surface area contributed by atoms with Crippen LogP contribution in [0.25, 0.3) is 0 Å². The zero-order valence-electron chi connectivity index (χ0n) is 13.3. The van der Waals surface area contributed by atoms with Crippen molar-refractivity contribution in [2.24, 2.45) is 7.05 Å². The van der Waals surface area contributed by atoms with Crippen LogP contribution >= 0.6 is 0 Å². The lowest BCUT2D eigenvalue weighted by Crippen LogP contribution is -2.27. The number of ether oxygens (including phenoxy) is 1. The molecule has 1 N–H and O–H groups in total. The number of hydrogen-bond donors (Lipinski definition) is 1. The van der Waals surface area contributed by atoms with E-state index in [1.54, 1.807) is 7.11 Å². The van der Waals surface area contributed by atoms with Gasteiger partial charge in [-0.15, -0.1) is 0 Å². The van der Waals surface area contributed by atoms with Crippen molar-refractivity contribution in [1.29, 1.82) is 0 Å². The van der Waals surface area contributed by atoms with Gasteiger partial charge < -0.3 is 15.0 Å². The fraction of sp³-hybridized carbons (Fsp3) is 0.533. The van der Waals surface area contributed by atoms with E-state index in [9.17, 15) is 0 Å². The average molecular weight is 302 g/mol. The predicted octanol–water partition coefficient (Wildman–Crippen LogP) is 1.36. The highest BCUT2D eigenvalue weighted by Gasteiger charge is 2.24. The third-order valence-corrected chi connectivity index (χ3v) is 3.74. The quantitative estimate of drug-likeness (QED) is 0.899. The summed E-state index contributed by atoms with van der Waals surface area (Å²) < 4.78 is 6.95. The second-order valence-electron chi connectivity index (χ2n) is 5.67. The maximum absolute atomic E-state index is 5.11. The standard InChI is InChI=1S/C15H22N6O/c1-11-8-13(18-14(16-11)10-22-3)17-12-4-7-21(9-12)15-5-6-20(2)19-15/h5-6,8,12H,4,7,9-10H2,1-3H3,(H,16,17,18). The number of rotatable bonds is 5. The van der Waals surface area contributed by atoms with Crippen LogP contribution in [0.5, 0.6) is 0 Å². The molecule has 1 aliphatic rings. The van der Waals surface area contributed by atoms with E-state index in [-0.39, 0.29) is 0 Å². The van der Waals surface area contributed by atoms with Gasteiger partial charge >= 0.3 is 0 Å². The fourth-order valence-electron chi connectivity index (χ4n) is 2.76. The molecule has 3 heterocycles. The molecule has 118 valence electrons. The summed E-state index contributed by atoms with van der Waals surface area (Å²) in [5.74, 6) is 2.61. The highest BCUT2D eigenvalue weighted by Crippen LogP contribution is 2.20. The maximum Gasteiger partial charge on any atom is 0.156 e. The minimum absolute atomic E-state index is 0.367. The highest BCUT2D eigenvalue weighted by molar-refractivity contribution is 5.43. The molecule has 2 aromatic heterocycles. The minimum Gasteiger partial charge on any atom is -0.377 e. The molecule has 1 unspecified atom stereocenters. The molecule has 2 aromatic rings. The summed E-state index contributed by atoms with van der Waals surface area (Å²) in [7, 11) is 3.59. The van der Waals surface area contributed by atoms with Crippen LogP contribution in [0.15, 0.2) is 18.3 Å². The summed E-state index contributed by atoms with van der Waals surface area (Å²) in [6.07, 6.45) is 3.04. The molecule has 0 aliphatic carbocycles. The van der Waals surface area contributed by atoms with E-state index < -0.39 is 0 Å². The molecule has 1 saturated heterocycles. The molecular weight excluding hydrogens is 280 g/mol. The van der Waals surface area contributed by atoms with Crippen LogP contribution in [0.3, 0.4) is 0 Å². The average Bonchev–Trinajstić information content (AvgIpc) is 3.07. The Morgan fingerprint density at radius 3 is 3.00 bits per heavy atom. The van der Waals surface area contributed by atoms with Crippen LogP contribution in [-0.4, -0.2) is 46.0 Å². The molecule has 0 bridgehead atoms. The van der Waals surface area contributed by atoms with Gasteiger partial charge in [0.15, 0.2) is 11.6 Å². The lowest BCUT2D eigenvalue weighted by Gasteiger charge is -2.17. The van der Waals surface area contributed by atoms with Crippen molar-refractivity contribution >= 4 is 11.6 Å². The van der Waals surface area contributed by atoms with Crippen LogP contribution in [-0.2, 0) is 18.4 Å². The number of hydrogen-bond acceptors (Lipinski definition) is 6. The van der Waals surface area contributed by atoms with Crippen LogP contribution in [0.1, 0.15) is 17.9 Å². The summed E-state index contributed by atoms with van der Waals surface area (Å²) in [5.41, 5.74) is 0.948. The fourth-order valence-corrected chi connectivity index (χ4v) is 2.76. The molecule has 1 atom stereocenters. The Morgan fingerprint density at radius 2 is 2.27 bits per heavy atom. The summed E-state index contributed by atoms with van der Waals surface area (Å²) >= 11 is 0. The Morgan fingerprint density at radius 1 is 1.41 bits per heavy atom. The summed E-state index contributed by atoms with van der Waals surface area (Å²) in [6.45, 7) is 4.34. The Hall–Kier alpha value is -2.15. The van der Waals surface area contributed by atoms with E-state index in [2.05, 4.69) is 25.3 Å². The number of methoxy groups -OCH3 is 1. The van der Waals surface area contributed by atoms with E-state index in [4.69, 9.17) is 4.74 Å². The SMILES string of the molecule is COCc1nc(C)cc(NC2CCN(c3ccn(C)n3)C2)n1. The van der Waals surface area contributed by atoms with Crippen LogP contribution < -0.4 is 10.2 Å². The third-order valence-electron chi connectivity index (χ3n) is 3.74. The van der Waals surface area contributed by atoms with Gasteiger partial charge in [-0.3, -0.25) is 4.68 Å². The van der Waals surface area contributed by atoms with Crippen LogP contribution in [0.4, 0.5) is 11.6 Å².